The first-order chi connectivity index (χ1) is 9.17. The molecule has 7 nitrogen and oxygen atoms in total. The SMILES string of the molecule is CCC(Cn1ccnc1)NC(=O)Nc1nc(C)ns1. The number of aromatic nitrogens is 4. The van der Waals surface area contributed by atoms with Crippen LogP contribution in [0.5, 0.6) is 0 Å². The van der Waals surface area contributed by atoms with Gasteiger partial charge in [0.05, 0.1) is 6.33 Å². The van der Waals surface area contributed by atoms with Gasteiger partial charge in [-0.2, -0.15) is 4.37 Å². The molecule has 2 N–H and O–H groups in total. The molecule has 1 unspecified atom stereocenters. The number of hydrogen-bond donors (Lipinski definition) is 2. The number of carbonyl (C=O) groups excluding carboxylic acids is 1. The third-order valence-corrected chi connectivity index (χ3v) is 3.29. The molecule has 2 rings (SSSR count). The number of amides is 2. The van der Waals surface area contributed by atoms with Gasteiger partial charge in [-0.05, 0) is 13.3 Å². The fourth-order valence-electron chi connectivity index (χ4n) is 1.59. The summed E-state index contributed by atoms with van der Waals surface area (Å²) < 4.78 is 5.94. The molecule has 19 heavy (non-hydrogen) atoms. The number of carbonyl (C=O) groups is 1. The van der Waals surface area contributed by atoms with Gasteiger partial charge in [0.1, 0.15) is 5.82 Å². The molecule has 2 aromatic heterocycles. The van der Waals surface area contributed by atoms with Gasteiger partial charge in [0, 0.05) is 36.5 Å². The van der Waals surface area contributed by atoms with E-state index < -0.39 is 0 Å². The second kappa shape index (κ2) is 6.28. The first kappa shape index (κ1) is 13.5. The largest absolute Gasteiger partial charge is 0.335 e. The molecule has 1 atom stereocenters. The van der Waals surface area contributed by atoms with Crippen LogP contribution in [0, 0.1) is 6.92 Å². The minimum absolute atomic E-state index is 0.0446. The molecule has 102 valence electrons. The van der Waals surface area contributed by atoms with Gasteiger partial charge in [0.25, 0.3) is 0 Å². The van der Waals surface area contributed by atoms with Crippen LogP contribution in [0.3, 0.4) is 0 Å². The third kappa shape index (κ3) is 4.02. The van der Waals surface area contributed by atoms with Crippen LogP contribution in [0.25, 0.3) is 0 Å². The Labute approximate surface area is 115 Å². The number of urea groups is 1. The molecule has 0 saturated heterocycles. The van der Waals surface area contributed by atoms with E-state index in [1.54, 1.807) is 19.4 Å². The maximum atomic E-state index is 11.8. The highest BCUT2D eigenvalue weighted by Gasteiger charge is 2.12. The Hall–Kier alpha value is -1.96. The second-order valence-corrected chi connectivity index (χ2v) is 4.86. The predicted molar refractivity (Wildman–Crippen MR) is 73.1 cm³/mol. The standard InChI is InChI=1S/C11H16N6OS/c1-3-9(6-17-5-4-12-7-17)14-10(18)15-11-13-8(2)16-19-11/h4-5,7,9H,3,6H2,1-2H3,(H2,13,14,15,16,18). The molecule has 0 aliphatic rings. The average molecular weight is 280 g/mol. The van der Waals surface area contributed by atoms with Crippen molar-refractivity contribution in [3.05, 3.63) is 24.5 Å². The van der Waals surface area contributed by atoms with E-state index in [4.69, 9.17) is 0 Å². The summed E-state index contributed by atoms with van der Waals surface area (Å²) in [5.74, 6) is 0.658. The van der Waals surface area contributed by atoms with Crippen molar-refractivity contribution in [2.75, 3.05) is 5.32 Å². The Kier molecular flexibility index (Phi) is 4.45. The Bertz CT molecular complexity index is 523. The number of nitrogens with one attached hydrogen (secondary N) is 2. The zero-order chi connectivity index (χ0) is 13.7. The zero-order valence-electron chi connectivity index (χ0n) is 10.8. The van der Waals surface area contributed by atoms with E-state index in [2.05, 4.69) is 25.0 Å². The highest BCUT2D eigenvalue weighted by atomic mass is 32.1. The summed E-state index contributed by atoms with van der Waals surface area (Å²) in [6.45, 7) is 4.50. The molecule has 0 spiro atoms. The number of hydrogen-bond acceptors (Lipinski definition) is 5. The summed E-state index contributed by atoms with van der Waals surface area (Å²) in [6.07, 6.45) is 6.16. The first-order valence-electron chi connectivity index (χ1n) is 6.01. The third-order valence-electron chi connectivity index (χ3n) is 2.57. The molecule has 2 heterocycles. The Balaban J connectivity index is 1.85. The van der Waals surface area contributed by atoms with Crippen molar-refractivity contribution >= 4 is 22.7 Å². The highest BCUT2D eigenvalue weighted by Crippen LogP contribution is 2.09. The molecule has 0 saturated carbocycles. The summed E-state index contributed by atoms with van der Waals surface area (Å²) in [6, 6.07) is -0.216. The van der Waals surface area contributed by atoms with Gasteiger partial charge in [-0.3, -0.25) is 5.32 Å². The summed E-state index contributed by atoms with van der Waals surface area (Å²) in [5, 5.41) is 6.09. The van der Waals surface area contributed by atoms with Crippen molar-refractivity contribution in [1.29, 1.82) is 0 Å². The van der Waals surface area contributed by atoms with E-state index in [0.717, 1.165) is 6.42 Å². The molecule has 0 fully saturated rings. The maximum absolute atomic E-state index is 11.8. The molecule has 0 aromatic carbocycles. The van der Waals surface area contributed by atoms with Crippen molar-refractivity contribution in [2.45, 2.75) is 32.9 Å². The number of aryl methyl sites for hydroxylation is 1. The zero-order valence-corrected chi connectivity index (χ0v) is 11.6. The Morgan fingerprint density at radius 2 is 2.42 bits per heavy atom. The van der Waals surface area contributed by atoms with Gasteiger partial charge in [0.15, 0.2) is 0 Å². The normalized spacial score (nSPS) is 12.1. The highest BCUT2D eigenvalue weighted by molar-refractivity contribution is 7.09. The molecule has 0 bridgehead atoms. The van der Waals surface area contributed by atoms with Crippen molar-refractivity contribution in [1.82, 2.24) is 24.2 Å². The summed E-state index contributed by atoms with van der Waals surface area (Å²) in [4.78, 5) is 19.9. The van der Waals surface area contributed by atoms with E-state index in [1.165, 1.54) is 11.5 Å². The van der Waals surface area contributed by atoms with Crippen molar-refractivity contribution in [3.63, 3.8) is 0 Å². The van der Waals surface area contributed by atoms with E-state index >= 15 is 0 Å². The number of imidazole rings is 1. The first-order valence-corrected chi connectivity index (χ1v) is 6.78. The van der Waals surface area contributed by atoms with Gasteiger partial charge in [0.2, 0.25) is 5.13 Å². The maximum Gasteiger partial charge on any atom is 0.321 e. The Morgan fingerprint density at radius 1 is 1.58 bits per heavy atom. The fourth-order valence-corrected chi connectivity index (χ4v) is 2.16. The summed E-state index contributed by atoms with van der Waals surface area (Å²) in [5.41, 5.74) is 0. The van der Waals surface area contributed by atoms with Crippen LogP contribution in [-0.4, -0.2) is 31.0 Å². The lowest BCUT2D eigenvalue weighted by Crippen LogP contribution is -2.40. The summed E-state index contributed by atoms with van der Waals surface area (Å²) in [7, 11) is 0. The van der Waals surface area contributed by atoms with Crippen LogP contribution in [0.4, 0.5) is 9.93 Å². The predicted octanol–water partition coefficient (Wildman–Crippen LogP) is 1.64. The van der Waals surface area contributed by atoms with E-state index in [1.807, 2.05) is 17.7 Å². The van der Waals surface area contributed by atoms with Gasteiger partial charge in [-0.1, -0.05) is 6.92 Å². The van der Waals surface area contributed by atoms with E-state index in [-0.39, 0.29) is 12.1 Å². The second-order valence-electron chi connectivity index (χ2n) is 4.11. The van der Waals surface area contributed by atoms with Crippen LogP contribution in [-0.2, 0) is 6.54 Å². The van der Waals surface area contributed by atoms with Crippen molar-refractivity contribution in [2.24, 2.45) is 0 Å². The minimum atomic E-state index is -0.261. The van der Waals surface area contributed by atoms with E-state index in [9.17, 15) is 4.79 Å². The van der Waals surface area contributed by atoms with Crippen LogP contribution in [0.2, 0.25) is 0 Å². The van der Waals surface area contributed by atoms with E-state index in [0.29, 0.717) is 17.5 Å². The monoisotopic (exact) mass is 280 g/mol. The average Bonchev–Trinajstić information content (AvgIpc) is 3.00. The molecule has 2 aromatic rings. The lowest BCUT2D eigenvalue weighted by atomic mass is 10.2. The molecular formula is C11H16N6OS. The van der Waals surface area contributed by atoms with Gasteiger partial charge >= 0.3 is 6.03 Å². The topological polar surface area (TPSA) is 84.7 Å². The fraction of sp³-hybridized carbons (Fsp3) is 0.455. The molecular weight excluding hydrogens is 264 g/mol. The summed E-state index contributed by atoms with van der Waals surface area (Å²) >= 11 is 1.17. The molecule has 0 aliphatic heterocycles. The smallest absolute Gasteiger partial charge is 0.321 e. The number of nitrogens with zero attached hydrogens (tertiary/aromatic N) is 4. The lowest BCUT2D eigenvalue weighted by molar-refractivity contribution is 0.246. The molecule has 8 heteroatoms. The quantitative estimate of drug-likeness (QED) is 0.872. The van der Waals surface area contributed by atoms with Crippen molar-refractivity contribution < 1.29 is 4.79 Å². The minimum Gasteiger partial charge on any atom is -0.335 e. The molecule has 0 aliphatic carbocycles. The van der Waals surface area contributed by atoms with Gasteiger partial charge in [-0.25, -0.2) is 14.8 Å². The lowest BCUT2D eigenvalue weighted by Gasteiger charge is -2.17. The van der Waals surface area contributed by atoms with Crippen LogP contribution >= 0.6 is 11.5 Å². The van der Waals surface area contributed by atoms with Gasteiger partial charge in [-0.15, -0.1) is 0 Å². The van der Waals surface area contributed by atoms with Crippen molar-refractivity contribution in [3.8, 4) is 0 Å². The van der Waals surface area contributed by atoms with Gasteiger partial charge < -0.3 is 9.88 Å². The number of anilines is 1. The molecule has 0 radical (unpaired) electrons. The molecule has 2 amide bonds. The van der Waals surface area contributed by atoms with Crippen LogP contribution in [0.15, 0.2) is 18.7 Å². The van der Waals surface area contributed by atoms with Crippen LogP contribution < -0.4 is 10.6 Å². The van der Waals surface area contributed by atoms with Crippen LogP contribution in [0.1, 0.15) is 19.2 Å². The number of rotatable bonds is 5. The Morgan fingerprint density at radius 3 is 3.00 bits per heavy atom.